The van der Waals surface area contributed by atoms with Gasteiger partial charge < -0.3 is 9.47 Å². The highest BCUT2D eigenvalue weighted by Gasteiger charge is 2.16. The standard InChI is InChI=1S/C13H12O4/c1-9(2)12(14)17-13(15)10(3)16-11-7-5-4-6-8-11/h4-8H,1,3H2,2H3. The molecule has 4 nitrogen and oxygen atoms in total. The number of carbonyl (C=O) groups excluding carboxylic acids is 2. The maximum absolute atomic E-state index is 11.4. The van der Waals surface area contributed by atoms with E-state index in [1.165, 1.54) is 6.92 Å². The highest BCUT2D eigenvalue weighted by molar-refractivity contribution is 6.00. The molecule has 0 N–H and O–H groups in total. The number of benzene rings is 1. The highest BCUT2D eigenvalue weighted by Crippen LogP contribution is 2.12. The zero-order chi connectivity index (χ0) is 12.8. The summed E-state index contributed by atoms with van der Waals surface area (Å²) in [7, 11) is 0. The van der Waals surface area contributed by atoms with E-state index in [1.807, 2.05) is 0 Å². The molecule has 0 saturated carbocycles. The minimum absolute atomic E-state index is 0.130. The van der Waals surface area contributed by atoms with Crippen LogP contribution in [0.1, 0.15) is 6.92 Å². The predicted octanol–water partition coefficient (Wildman–Crippen LogP) is 2.22. The average Bonchev–Trinajstić information content (AvgIpc) is 2.29. The molecule has 0 bridgehead atoms. The molecule has 0 spiro atoms. The largest absolute Gasteiger partial charge is 0.450 e. The van der Waals surface area contributed by atoms with Gasteiger partial charge in [0, 0.05) is 5.57 Å². The van der Waals surface area contributed by atoms with Gasteiger partial charge in [-0.15, -0.1) is 0 Å². The molecule has 1 rings (SSSR count). The second-order valence-electron chi connectivity index (χ2n) is 3.30. The zero-order valence-electron chi connectivity index (χ0n) is 9.43. The van der Waals surface area contributed by atoms with Gasteiger partial charge in [-0.25, -0.2) is 9.59 Å². The van der Waals surface area contributed by atoms with Crippen LogP contribution in [0.5, 0.6) is 5.75 Å². The normalized spacial score (nSPS) is 9.24. The van der Waals surface area contributed by atoms with E-state index >= 15 is 0 Å². The number of hydrogen-bond acceptors (Lipinski definition) is 4. The summed E-state index contributed by atoms with van der Waals surface area (Å²) in [4.78, 5) is 22.4. The van der Waals surface area contributed by atoms with Crippen molar-refractivity contribution in [2.75, 3.05) is 0 Å². The Bertz CT molecular complexity index is 460. The molecule has 1 aromatic rings. The second-order valence-corrected chi connectivity index (χ2v) is 3.30. The summed E-state index contributed by atoms with van der Waals surface area (Å²) < 4.78 is 9.55. The molecule has 0 aliphatic carbocycles. The first-order chi connectivity index (χ1) is 8.00. The van der Waals surface area contributed by atoms with Crippen LogP contribution < -0.4 is 4.74 Å². The summed E-state index contributed by atoms with van der Waals surface area (Å²) >= 11 is 0. The van der Waals surface area contributed by atoms with Crippen molar-refractivity contribution in [3.63, 3.8) is 0 Å². The summed E-state index contributed by atoms with van der Waals surface area (Å²) in [6.07, 6.45) is 0. The van der Waals surface area contributed by atoms with Crippen LogP contribution in [0.25, 0.3) is 0 Å². The molecule has 0 atom stereocenters. The summed E-state index contributed by atoms with van der Waals surface area (Å²) in [5.41, 5.74) is 0.130. The topological polar surface area (TPSA) is 52.6 Å². The molecule has 0 saturated heterocycles. The SMILES string of the molecule is C=C(C)C(=O)OC(=O)C(=C)Oc1ccccc1. The van der Waals surface area contributed by atoms with Gasteiger partial charge in [0.05, 0.1) is 0 Å². The van der Waals surface area contributed by atoms with Crippen molar-refractivity contribution < 1.29 is 19.1 Å². The first-order valence-corrected chi connectivity index (χ1v) is 4.84. The van der Waals surface area contributed by atoms with Crippen molar-refractivity contribution in [3.8, 4) is 5.75 Å². The Morgan fingerprint density at radius 2 is 1.65 bits per heavy atom. The van der Waals surface area contributed by atoms with Crippen LogP contribution in [0.3, 0.4) is 0 Å². The molecule has 0 fully saturated rings. The minimum atomic E-state index is -0.929. The Morgan fingerprint density at radius 1 is 1.06 bits per heavy atom. The van der Waals surface area contributed by atoms with Crippen molar-refractivity contribution in [2.45, 2.75) is 6.92 Å². The van der Waals surface area contributed by atoms with Gasteiger partial charge in [0.1, 0.15) is 5.75 Å². The number of esters is 2. The van der Waals surface area contributed by atoms with Crippen LogP contribution in [0.2, 0.25) is 0 Å². The molecule has 0 unspecified atom stereocenters. The van der Waals surface area contributed by atoms with Crippen molar-refractivity contribution >= 4 is 11.9 Å². The average molecular weight is 232 g/mol. The van der Waals surface area contributed by atoms with Gasteiger partial charge in [0.25, 0.3) is 0 Å². The molecule has 0 aliphatic heterocycles. The maximum atomic E-state index is 11.4. The Labute approximate surface area is 99.2 Å². The smallest absolute Gasteiger partial charge is 0.381 e. The lowest BCUT2D eigenvalue weighted by Gasteiger charge is -2.07. The highest BCUT2D eigenvalue weighted by atomic mass is 16.6. The Hall–Kier alpha value is -2.36. The van der Waals surface area contributed by atoms with Crippen molar-refractivity contribution in [1.29, 1.82) is 0 Å². The third-order valence-corrected chi connectivity index (χ3v) is 1.75. The summed E-state index contributed by atoms with van der Waals surface area (Å²) in [6, 6.07) is 8.59. The van der Waals surface area contributed by atoms with Gasteiger partial charge in [-0.2, -0.15) is 0 Å². The fourth-order valence-corrected chi connectivity index (χ4v) is 0.901. The number of ether oxygens (including phenoxy) is 2. The third kappa shape index (κ3) is 3.95. The molecular weight excluding hydrogens is 220 g/mol. The zero-order valence-corrected chi connectivity index (χ0v) is 9.43. The Morgan fingerprint density at radius 3 is 2.18 bits per heavy atom. The van der Waals surface area contributed by atoms with E-state index in [9.17, 15) is 9.59 Å². The second kappa shape index (κ2) is 5.65. The molecule has 0 amide bonds. The molecule has 0 heterocycles. The van der Waals surface area contributed by atoms with Gasteiger partial charge in [0.2, 0.25) is 5.76 Å². The molecule has 0 radical (unpaired) electrons. The van der Waals surface area contributed by atoms with E-state index in [-0.39, 0.29) is 11.3 Å². The van der Waals surface area contributed by atoms with Crippen molar-refractivity contribution in [1.82, 2.24) is 0 Å². The summed E-state index contributed by atoms with van der Waals surface area (Å²) in [5, 5.41) is 0. The minimum Gasteiger partial charge on any atom is -0.450 e. The van der Waals surface area contributed by atoms with Gasteiger partial charge in [-0.3, -0.25) is 0 Å². The first kappa shape index (κ1) is 12.7. The van der Waals surface area contributed by atoms with Gasteiger partial charge in [0.15, 0.2) is 0 Å². The lowest BCUT2D eigenvalue weighted by Crippen LogP contribution is -2.17. The maximum Gasteiger partial charge on any atom is 0.381 e. The number of carbonyl (C=O) groups is 2. The van der Waals surface area contributed by atoms with Crippen LogP contribution in [-0.2, 0) is 14.3 Å². The molecule has 1 aromatic carbocycles. The van der Waals surface area contributed by atoms with Crippen molar-refractivity contribution in [3.05, 3.63) is 54.8 Å². The fourth-order valence-electron chi connectivity index (χ4n) is 0.901. The Kier molecular flexibility index (Phi) is 4.22. The fraction of sp³-hybridized carbons (Fsp3) is 0.0769. The summed E-state index contributed by atoms with van der Waals surface area (Å²) in [6.45, 7) is 8.18. The Balaban J connectivity index is 2.57. The van der Waals surface area contributed by atoms with E-state index in [4.69, 9.17) is 4.74 Å². The lowest BCUT2D eigenvalue weighted by molar-refractivity contribution is -0.155. The van der Waals surface area contributed by atoms with Crippen LogP contribution >= 0.6 is 0 Å². The van der Waals surface area contributed by atoms with Gasteiger partial charge in [-0.05, 0) is 25.6 Å². The van der Waals surface area contributed by atoms with Gasteiger partial charge in [-0.1, -0.05) is 24.8 Å². The quantitative estimate of drug-likeness (QED) is 0.345. The monoisotopic (exact) mass is 232 g/mol. The lowest BCUT2D eigenvalue weighted by atomic mass is 10.3. The number of para-hydroxylation sites is 1. The van der Waals surface area contributed by atoms with Crippen LogP contribution in [-0.4, -0.2) is 11.9 Å². The van der Waals surface area contributed by atoms with Crippen molar-refractivity contribution in [2.24, 2.45) is 0 Å². The van der Waals surface area contributed by atoms with E-state index in [0.29, 0.717) is 5.75 Å². The van der Waals surface area contributed by atoms with E-state index < -0.39 is 11.9 Å². The number of hydrogen-bond donors (Lipinski definition) is 0. The van der Waals surface area contributed by atoms with Crippen LogP contribution in [0.15, 0.2) is 54.8 Å². The van der Waals surface area contributed by atoms with Crippen LogP contribution in [0.4, 0.5) is 0 Å². The van der Waals surface area contributed by atoms with Gasteiger partial charge >= 0.3 is 11.9 Å². The number of rotatable bonds is 4. The summed E-state index contributed by atoms with van der Waals surface area (Å²) in [5.74, 6) is -1.54. The predicted molar refractivity (Wildman–Crippen MR) is 62.1 cm³/mol. The molecular formula is C13H12O4. The molecule has 4 heteroatoms. The third-order valence-electron chi connectivity index (χ3n) is 1.75. The van der Waals surface area contributed by atoms with E-state index in [2.05, 4.69) is 17.9 Å². The van der Waals surface area contributed by atoms with Crippen LogP contribution in [0, 0.1) is 0 Å². The molecule has 0 aromatic heterocycles. The molecule has 88 valence electrons. The van der Waals surface area contributed by atoms with E-state index in [0.717, 1.165) is 0 Å². The van der Waals surface area contributed by atoms with E-state index in [1.54, 1.807) is 30.3 Å². The molecule has 17 heavy (non-hydrogen) atoms. The molecule has 0 aliphatic rings. The first-order valence-electron chi connectivity index (χ1n) is 4.84.